The van der Waals surface area contributed by atoms with Crippen molar-refractivity contribution in [3.63, 3.8) is 0 Å². The van der Waals surface area contributed by atoms with Gasteiger partial charge in [-0.25, -0.2) is 18.7 Å². The Morgan fingerprint density at radius 2 is 2.00 bits per heavy atom. The first-order chi connectivity index (χ1) is 16.5. The first-order valence-electron chi connectivity index (χ1n) is 11.4. The number of ether oxygens (including phenoxy) is 1. The van der Waals surface area contributed by atoms with Crippen molar-refractivity contribution in [3.05, 3.63) is 35.7 Å². The number of alkyl halides is 1. The molecule has 4 heterocycles. The molecule has 12 heteroatoms. The molecule has 0 bridgehead atoms. The number of benzene rings is 1. The molecule has 1 aromatic carbocycles. The molecule has 0 saturated carbocycles. The predicted octanol–water partition coefficient (Wildman–Crippen LogP) is 2.62. The fraction of sp³-hybridized carbons (Fsp3) is 0.478. The smallest absolute Gasteiger partial charge is 0.223 e. The molecule has 1 fully saturated rings. The van der Waals surface area contributed by atoms with Crippen molar-refractivity contribution in [3.8, 4) is 5.75 Å². The van der Waals surface area contributed by atoms with Crippen molar-refractivity contribution in [2.45, 2.75) is 51.4 Å². The summed E-state index contributed by atoms with van der Waals surface area (Å²) in [5.41, 5.74) is 7.45. The first-order valence-corrected chi connectivity index (χ1v) is 11.4. The molecule has 186 valence electrons. The van der Waals surface area contributed by atoms with E-state index in [0.29, 0.717) is 35.5 Å². The van der Waals surface area contributed by atoms with Crippen LogP contribution in [-0.2, 0) is 6.54 Å². The summed E-state index contributed by atoms with van der Waals surface area (Å²) in [4.78, 5) is 10.9. The van der Waals surface area contributed by atoms with Crippen LogP contribution in [-0.4, -0.2) is 66.4 Å². The number of anilines is 2. The van der Waals surface area contributed by atoms with Gasteiger partial charge in [0.25, 0.3) is 0 Å². The Labute approximate surface area is 200 Å². The van der Waals surface area contributed by atoms with E-state index in [2.05, 4.69) is 20.2 Å². The number of piperidine rings is 1. The molecule has 0 amide bonds. The van der Waals surface area contributed by atoms with Crippen molar-refractivity contribution in [2.75, 3.05) is 30.8 Å². The lowest BCUT2D eigenvalue weighted by Gasteiger charge is -2.34. The Kier molecular flexibility index (Phi) is 5.50. The van der Waals surface area contributed by atoms with Crippen molar-refractivity contribution in [1.29, 1.82) is 0 Å². The van der Waals surface area contributed by atoms with Crippen LogP contribution in [0, 0.1) is 12.7 Å². The van der Waals surface area contributed by atoms with Crippen LogP contribution in [0.2, 0.25) is 0 Å². The Balaban J connectivity index is 1.52. The van der Waals surface area contributed by atoms with Crippen molar-refractivity contribution >= 4 is 28.2 Å². The number of nitrogens with zero attached hydrogens (tertiary/aromatic N) is 7. The number of aliphatic hydroxyl groups is 1. The van der Waals surface area contributed by atoms with E-state index in [0.717, 1.165) is 11.4 Å². The number of rotatable bonds is 5. The van der Waals surface area contributed by atoms with Crippen molar-refractivity contribution in [2.24, 2.45) is 0 Å². The van der Waals surface area contributed by atoms with Crippen LogP contribution in [0.4, 0.5) is 20.4 Å². The van der Waals surface area contributed by atoms with Gasteiger partial charge in [-0.05, 0) is 33.3 Å². The van der Waals surface area contributed by atoms with E-state index in [4.69, 9.17) is 10.5 Å². The van der Waals surface area contributed by atoms with Gasteiger partial charge >= 0.3 is 0 Å². The molecule has 1 saturated heterocycles. The SMILES string of the molecule is COc1cc(F)cc2c1nc(N)n1nc([C@@H]3C[C@H](F)CN(c4cn(CC(C)(C)O)nc4C)C3)nc21. The minimum Gasteiger partial charge on any atom is -0.494 e. The maximum absolute atomic E-state index is 14.9. The minimum atomic E-state index is -1.11. The predicted molar refractivity (Wildman–Crippen MR) is 127 cm³/mol. The zero-order valence-electron chi connectivity index (χ0n) is 20.0. The summed E-state index contributed by atoms with van der Waals surface area (Å²) >= 11 is 0. The number of hydrogen-bond donors (Lipinski definition) is 2. The van der Waals surface area contributed by atoms with Crippen molar-refractivity contribution < 1.29 is 18.6 Å². The maximum atomic E-state index is 14.9. The Morgan fingerprint density at radius 3 is 2.71 bits per heavy atom. The summed E-state index contributed by atoms with van der Waals surface area (Å²) < 4.78 is 37.4. The molecule has 0 radical (unpaired) electrons. The van der Waals surface area contributed by atoms with E-state index >= 15 is 0 Å². The number of fused-ring (bicyclic) bond motifs is 3. The van der Waals surface area contributed by atoms with Crippen LogP contribution < -0.4 is 15.4 Å². The van der Waals surface area contributed by atoms with Crippen LogP contribution in [0.3, 0.4) is 0 Å². The zero-order valence-corrected chi connectivity index (χ0v) is 20.0. The highest BCUT2D eigenvalue weighted by Crippen LogP contribution is 2.34. The molecule has 2 atom stereocenters. The van der Waals surface area contributed by atoms with Gasteiger partial charge in [0.1, 0.15) is 23.3 Å². The summed E-state index contributed by atoms with van der Waals surface area (Å²) in [5, 5.41) is 19.5. The van der Waals surface area contributed by atoms with E-state index in [1.807, 2.05) is 18.0 Å². The van der Waals surface area contributed by atoms with Crippen LogP contribution in [0.15, 0.2) is 18.3 Å². The second-order valence-electron chi connectivity index (χ2n) is 9.72. The second kappa shape index (κ2) is 8.29. The molecule has 1 aliphatic rings. The van der Waals surface area contributed by atoms with Crippen molar-refractivity contribution in [1.82, 2.24) is 29.4 Å². The van der Waals surface area contributed by atoms with Gasteiger partial charge in [0.05, 0.1) is 36.0 Å². The highest BCUT2D eigenvalue weighted by molar-refractivity contribution is 5.95. The molecule has 0 aliphatic carbocycles. The fourth-order valence-electron chi connectivity index (χ4n) is 4.73. The van der Waals surface area contributed by atoms with Gasteiger partial charge in [-0.3, -0.25) is 4.68 Å². The Hall–Kier alpha value is -3.54. The summed E-state index contributed by atoms with van der Waals surface area (Å²) in [6, 6.07) is 2.54. The third-order valence-electron chi connectivity index (χ3n) is 6.14. The molecular formula is C23H28F2N8O2. The van der Waals surface area contributed by atoms with Gasteiger partial charge < -0.3 is 20.5 Å². The number of aryl methyl sites for hydroxylation is 1. The summed E-state index contributed by atoms with van der Waals surface area (Å²) in [6.45, 7) is 6.27. The molecule has 10 nitrogen and oxygen atoms in total. The summed E-state index contributed by atoms with van der Waals surface area (Å²) in [5.74, 6) is -0.114. The Morgan fingerprint density at radius 1 is 1.23 bits per heavy atom. The van der Waals surface area contributed by atoms with Crippen LogP contribution >= 0.6 is 0 Å². The van der Waals surface area contributed by atoms with Gasteiger partial charge in [-0.2, -0.15) is 9.61 Å². The third-order valence-corrected chi connectivity index (χ3v) is 6.14. The molecule has 3 N–H and O–H groups in total. The van der Waals surface area contributed by atoms with Gasteiger partial charge in [0.15, 0.2) is 11.5 Å². The number of nitrogen functional groups attached to an aromatic ring is 1. The lowest BCUT2D eigenvalue weighted by atomic mass is 9.95. The van der Waals surface area contributed by atoms with Gasteiger partial charge in [0.2, 0.25) is 5.95 Å². The maximum Gasteiger partial charge on any atom is 0.223 e. The number of nitrogens with two attached hydrogens (primary N) is 1. The number of hydrogen-bond acceptors (Lipinski definition) is 8. The Bertz CT molecular complexity index is 1410. The highest BCUT2D eigenvalue weighted by atomic mass is 19.1. The number of halogens is 2. The minimum absolute atomic E-state index is 0.0735. The molecular weight excluding hydrogens is 458 g/mol. The van der Waals surface area contributed by atoms with Gasteiger partial charge in [0, 0.05) is 31.3 Å². The molecule has 1 aliphatic heterocycles. The van der Waals surface area contributed by atoms with E-state index in [1.54, 1.807) is 18.5 Å². The zero-order chi connectivity index (χ0) is 25.1. The van der Waals surface area contributed by atoms with E-state index in [1.165, 1.54) is 23.8 Å². The van der Waals surface area contributed by atoms with Crippen LogP contribution in [0.1, 0.15) is 37.7 Å². The fourth-order valence-corrected chi connectivity index (χ4v) is 4.73. The lowest BCUT2D eigenvalue weighted by molar-refractivity contribution is 0.0577. The second-order valence-corrected chi connectivity index (χ2v) is 9.72. The van der Waals surface area contributed by atoms with E-state index < -0.39 is 17.6 Å². The third kappa shape index (κ3) is 4.33. The molecule has 4 aromatic rings. The van der Waals surface area contributed by atoms with E-state index in [-0.39, 0.29) is 30.6 Å². The molecule has 0 spiro atoms. The molecule has 5 rings (SSSR count). The highest BCUT2D eigenvalue weighted by Gasteiger charge is 2.33. The standard InChI is InChI=1S/C23H28F2N8O2/c1-12-17(10-32(29-12)11-23(2,3)34)31-8-13(5-15(25)9-31)20-28-21-16-6-14(24)7-18(35-4)19(16)27-22(26)33(21)30-20/h6-7,10,13,15,34H,5,8-9,11H2,1-4H3,(H2,26,27)/t13-,15+/m1/s1. The molecule has 3 aromatic heterocycles. The normalized spacial score (nSPS) is 19.1. The number of methoxy groups -OCH3 is 1. The van der Waals surface area contributed by atoms with Crippen LogP contribution in [0.5, 0.6) is 5.75 Å². The van der Waals surface area contributed by atoms with Crippen LogP contribution in [0.25, 0.3) is 16.6 Å². The molecule has 35 heavy (non-hydrogen) atoms. The number of aromatic nitrogens is 6. The quantitative estimate of drug-likeness (QED) is 0.442. The average Bonchev–Trinajstić information content (AvgIpc) is 3.37. The lowest BCUT2D eigenvalue weighted by Crippen LogP contribution is -2.41. The largest absolute Gasteiger partial charge is 0.494 e. The first kappa shape index (κ1) is 23.2. The monoisotopic (exact) mass is 486 g/mol. The summed E-state index contributed by atoms with van der Waals surface area (Å²) in [7, 11) is 1.43. The van der Waals surface area contributed by atoms with Gasteiger partial charge in [-0.1, -0.05) is 0 Å². The van der Waals surface area contributed by atoms with E-state index in [9.17, 15) is 13.9 Å². The van der Waals surface area contributed by atoms with Gasteiger partial charge in [-0.15, -0.1) is 5.10 Å². The molecule has 0 unspecified atom stereocenters. The summed E-state index contributed by atoms with van der Waals surface area (Å²) in [6.07, 6.45) is 0.958. The topological polar surface area (TPSA) is 120 Å². The average molecular weight is 487 g/mol.